The molecule has 0 rings (SSSR count). The standard InChI is InChI=1S/C57H106O6/c1-4-7-10-13-16-19-22-23-24-25-26-27-28-29-30-31-32-33-36-38-41-44-47-50-56(59)62-53-54(63-57(60)51-48-45-42-39-35-21-18-15-12-9-6-3)52-61-55(58)49-46-43-40-37-34-20-17-14-11-8-5-2/h15,18,25-26,54H,4-14,16-17,19-24,27-53H2,1-3H3/b18-15-,26-25-. The fourth-order valence-corrected chi connectivity index (χ4v) is 8.18. The number of carbonyl (C=O) groups excluding carboxylic acids is 3. The van der Waals surface area contributed by atoms with Crippen molar-refractivity contribution in [3.8, 4) is 0 Å². The highest BCUT2D eigenvalue weighted by molar-refractivity contribution is 5.71. The highest BCUT2D eigenvalue weighted by Gasteiger charge is 2.19. The van der Waals surface area contributed by atoms with Crippen molar-refractivity contribution in [1.82, 2.24) is 0 Å². The van der Waals surface area contributed by atoms with Crippen molar-refractivity contribution in [1.29, 1.82) is 0 Å². The van der Waals surface area contributed by atoms with E-state index in [1.165, 1.54) is 199 Å². The molecule has 6 heteroatoms. The smallest absolute Gasteiger partial charge is 0.306 e. The van der Waals surface area contributed by atoms with Crippen LogP contribution < -0.4 is 0 Å². The van der Waals surface area contributed by atoms with Crippen LogP contribution in [-0.2, 0) is 28.6 Å². The van der Waals surface area contributed by atoms with Gasteiger partial charge in [-0.1, -0.05) is 244 Å². The maximum Gasteiger partial charge on any atom is 0.306 e. The zero-order valence-electron chi connectivity index (χ0n) is 42.4. The van der Waals surface area contributed by atoms with Crippen LogP contribution in [0.4, 0.5) is 0 Å². The predicted octanol–water partition coefficient (Wildman–Crippen LogP) is 18.3. The molecule has 0 aromatic carbocycles. The highest BCUT2D eigenvalue weighted by atomic mass is 16.6. The van der Waals surface area contributed by atoms with Crippen molar-refractivity contribution in [2.75, 3.05) is 13.2 Å². The summed E-state index contributed by atoms with van der Waals surface area (Å²) in [4.78, 5) is 37.9. The van der Waals surface area contributed by atoms with Gasteiger partial charge in [-0.05, 0) is 64.2 Å². The fraction of sp³-hybridized carbons (Fsp3) is 0.877. The predicted molar refractivity (Wildman–Crippen MR) is 270 cm³/mol. The van der Waals surface area contributed by atoms with Crippen LogP contribution in [0.1, 0.15) is 303 Å². The molecule has 0 N–H and O–H groups in total. The second kappa shape index (κ2) is 52.5. The van der Waals surface area contributed by atoms with Crippen molar-refractivity contribution in [2.24, 2.45) is 0 Å². The molecule has 0 bridgehead atoms. The quantitative estimate of drug-likeness (QED) is 0.0262. The summed E-state index contributed by atoms with van der Waals surface area (Å²) in [6.45, 7) is 6.62. The van der Waals surface area contributed by atoms with Crippen molar-refractivity contribution in [3.63, 3.8) is 0 Å². The van der Waals surface area contributed by atoms with E-state index < -0.39 is 6.10 Å². The molecule has 0 aliphatic heterocycles. The summed E-state index contributed by atoms with van der Waals surface area (Å²) >= 11 is 0. The van der Waals surface area contributed by atoms with Crippen LogP contribution in [-0.4, -0.2) is 37.2 Å². The first kappa shape index (κ1) is 60.9. The largest absolute Gasteiger partial charge is 0.462 e. The molecule has 63 heavy (non-hydrogen) atoms. The Balaban J connectivity index is 4.18. The zero-order chi connectivity index (χ0) is 45.8. The van der Waals surface area contributed by atoms with Crippen molar-refractivity contribution >= 4 is 17.9 Å². The van der Waals surface area contributed by atoms with E-state index in [1.807, 2.05) is 0 Å². The molecule has 0 saturated carbocycles. The molecule has 1 unspecified atom stereocenters. The minimum atomic E-state index is -0.770. The van der Waals surface area contributed by atoms with E-state index in [-0.39, 0.29) is 31.1 Å². The molecule has 0 spiro atoms. The number of hydrogen-bond acceptors (Lipinski definition) is 6. The molecule has 0 radical (unpaired) electrons. The molecule has 0 fully saturated rings. The van der Waals surface area contributed by atoms with E-state index in [9.17, 15) is 14.4 Å². The summed E-state index contributed by atoms with van der Waals surface area (Å²) in [6.07, 6.45) is 60.3. The summed E-state index contributed by atoms with van der Waals surface area (Å²) in [5, 5.41) is 0. The van der Waals surface area contributed by atoms with Gasteiger partial charge in [-0.25, -0.2) is 0 Å². The summed E-state index contributed by atoms with van der Waals surface area (Å²) < 4.78 is 16.8. The van der Waals surface area contributed by atoms with Crippen molar-refractivity contribution in [3.05, 3.63) is 24.3 Å². The van der Waals surface area contributed by atoms with Gasteiger partial charge in [0.15, 0.2) is 6.10 Å². The number of hydrogen-bond donors (Lipinski definition) is 0. The maximum absolute atomic E-state index is 12.8. The lowest BCUT2D eigenvalue weighted by molar-refractivity contribution is -0.167. The van der Waals surface area contributed by atoms with Crippen LogP contribution >= 0.6 is 0 Å². The number of esters is 3. The van der Waals surface area contributed by atoms with Crippen molar-refractivity contribution in [2.45, 2.75) is 309 Å². The zero-order valence-corrected chi connectivity index (χ0v) is 42.4. The maximum atomic E-state index is 12.8. The molecule has 0 amide bonds. The third-order valence-electron chi connectivity index (χ3n) is 12.4. The molecule has 0 aliphatic rings. The average molecular weight is 887 g/mol. The van der Waals surface area contributed by atoms with Gasteiger partial charge in [0.25, 0.3) is 0 Å². The molecule has 0 heterocycles. The molecule has 0 aromatic rings. The molecule has 0 aliphatic carbocycles. The van der Waals surface area contributed by atoms with Gasteiger partial charge in [0, 0.05) is 19.3 Å². The second-order valence-corrected chi connectivity index (χ2v) is 18.8. The Labute approximate surface area is 392 Å². The van der Waals surface area contributed by atoms with E-state index >= 15 is 0 Å². The first-order valence-electron chi connectivity index (χ1n) is 27.8. The number of unbranched alkanes of at least 4 members (excludes halogenated alkanes) is 36. The van der Waals surface area contributed by atoms with Gasteiger partial charge in [0.2, 0.25) is 0 Å². The lowest BCUT2D eigenvalue weighted by Crippen LogP contribution is -2.30. The van der Waals surface area contributed by atoms with Crippen LogP contribution in [0.3, 0.4) is 0 Å². The number of carbonyl (C=O) groups is 3. The molecular formula is C57H106O6. The summed E-state index contributed by atoms with van der Waals surface area (Å²) in [5.74, 6) is -0.868. The number of ether oxygens (including phenoxy) is 3. The van der Waals surface area contributed by atoms with Crippen LogP contribution in [0.15, 0.2) is 24.3 Å². The summed E-state index contributed by atoms with van der Waals surface area (Å²) in [6, 6.07) is 0. The van der Waals surface area contributed by atoms with Gasteiger partial charge in [0.1, 0.15) is 13.2 Å². The van der Waals surface area contributed by atoms with Crippen LogP contribution in [0.5, 0.6) is 0 Å². The van der Waals surface area contributed by atoms with E-state index in [0.717, 1.165) is 64.2 Å². The minimum absolute atomic E-state index is 0.0710. The molecule has 0 saturated heterocycles. The monoisotopic (exact) mass is 887 g/mol. The van der Waals surface area contributed by atoms with Crippen molar-refractivity contribution < 1.29 is 28.6 Å². The topological polar surface area (TPSA) is 78.9 Å². The third kappa shape index (κ3) is 50.7. The van der Waals surface area contributed by atoms with Gasteiger partial charge in [-0.3, -0.25) is 14.4 Å². The molecular weight excluding hydrogens is 781 g/mol. The van der Waals surface area contributed by atoms with Gasteiger partial charge in [-0.15, -0.1) is 0 Å². The van der Waals surface area contributed by atoms with Gasteiger partial charge >= 0.3 is 17.9 Å². The van der Waals surface area contributed by atoms with Gasteiger partial charge in [-0.2, -0.15) is 0 Å². The average Bonchev–Trinajstić information content (AvgIpc) is 3.28. The Kier molecular flexibility index (Phi) is 50.8. The van der Waals surface area contributed by atoms with Crippen LogP contribution in [0.2, 0.25) is 0 Å². The Morgan fingerprint density at radius 1 is 0.302 bits per heavy atom. The Morgan fingerprint density at radius 3 is 0.841 bits per heavy atom. The number of allylic oxidation sites excluding steroid dienone is 4. The molecule has 370 valence electrons. The van der Waals surface area contributed by atoms with Gasteiger partial charge < -0.3 is 14.2 Å². The first-order valence-corrected chi connectivity index (χ1v) is 27.8. The normalized spacial score (nSPS) is 12.1. The Hall–Kier alpha value is -2.11. The van der Waals surface area contributed by atoms with Gasteiger partial charge in [0.05, 0.1) is 0 Å². The summed E-state index contributed by atoms with van der Waals surface area (Å²) in [7, 11) is 0. The molecule has 1 atom stereocenters. The first-order chi connectivity index (χ1) is 31.0. The van der Waals surface area contributed by atoms with E-state index in [2.05, 4.69) is 45.1 Å². The second-order valence-electron chi connectivity index (χ2n) is 18.8. The molecule has 6 nitrogen and oxygen atoms in total. The van der Waals surface area contributed by atoms with E-state index in [1.54, 1.807) is 0 Å². The fourth-order valence-electron chi connectivity index (χ4n) is 8.18. The highest BCUT2D eigenvalue weighted by Crippen LogP contribution is 2.16. The lowest BCUT2D eigenvalue weighted by atomic mass is 10.0. The SMILES string of the molecule is CCCC/C=C\CCCCCCCC(=O)OC(COC(=O)CCCCCCCCCCCCC)COC(=O)CCCCCCCCCCCCC/C=C\CCCCCCCCCC. The van der Waals surface area contributed by atoms with Crippen LogP contribution in [0, 0.1) is 0 Å². The lowest BCUT2D eigenvalue weighted by Gasteiger charge is -2.18. The van der Waals surface area contributed by atoms with E-state index in [0.29, 0.717) is 19.3 Å². The Morgan fingerprint density at radius 2 is 0.540 bits per heavy atom. The summed E-state index contributed by atoms with van der Waals surface area (Å²) in [5.41, 5.74) is 0. The minimum Gasteiger partial charge on any atom is -0.462 e. The third-order valence-corrected chi connectivity index (χ3v) is 12.4. The number of rotatable bonds is 51. The molecule has 0 aromatic heterocycles. The van der Waals surface area contributed by atoms with Crippen LogP contribution in [0.25, 0.3) is 0 Å². The van der Waals surface area contributed by atoms with E-state index in [4.69, 9.17) is 14.2 Å². The Bertz CT molecular complexity index is 1020.